The molecule has 1 aromatic rings. The zero-order chi connectivity index (χ0) is 14.5. The number of methoxy groups -OCH3 is 1. The van der Waals surface area contributed by atoms with Crippen LogP contribution in [0.2, 0.25) is 0 Å². The van der Waals surface area contributed by atoms with Gasteiger partial charge in [-0.3, -0.25) is 10.2 Å². The van der Waals surface area contributed by atoms with Crippen LogP contribution in [-0.2, 0) is 11.3 Å². The van der Waals surface area contributed by atoms with E-state index in [0.717, 1.165) is 0 Å². The molecule has 0 spiro atoms. The number of carbonyl (C=O) groups is 1. The third-order valence-corrected chi connectivity index (χ3v) is 2.20. The Kier molecular flexibility index (Phi) is 5.13. The number of nitrogen functional groups attached to an aromatic ring is 1. The Bertz CT molecular complexity index is 449. The van der Waals surface area contributed by atoms with Crippen molar-refractivity contribution in [2.24, 2.45) is 5.84 Å². The predicted octanol–water partition coefficient (Wildman–Crippen LogP) is 1.38. The molecule has 0 saturated heterocycles. The Labute approximate surface area is 107 Å². The summed E-state index contributed by atoms with van der Waals surface area (Å²) in [5.41, 5.74) is 2.46. The van der Waals surface area contributed by atoms with Gasteiger partial charge in [0.15, 0.2) is 0 Å². The molecule has 0 aromatic heterocycles. The third kappa shape index (κ3) is 4.76. The van der Waals surface area contributed by atoms with Crippen LogP contribution in [-0.4, -0.2) is 25.8 Å². The molecule has 5 nitrogen and oxygen atoms in total. The highest BCUT2D eigenvalue weighted by atomic mass is 19.4. The molecule has 0 aliphatic heterocycles. The van der Waals surface area contributed by atoms with Gasteiger partial charge in [0.1, 0.15) is 12.4 Å². The van der Waals surface area contributed by atoms with Crippen molar-refractivity contribution in [1.29, 1.82) is 0 Å². The Balaban J connectivity index is 2.81. The van der Waals surface area contributed by atoms with Gasteiger partial charge in [0.25, 0.3) is 5.91 Å². The van der Waals surface area contributed by atoms with Crippen LogP contribution < -0.4 is 16.0 Å². The van der Waals surface area contributed by atoms with E-state index in [1.807, 2.05) is 5.43 Å². The Morgan fingerprint density at radius 3 is 2.63 bits per heavy atom. The van der Waals surface area contributed by atoms with Gasteiger partial charge in [0.05, 0.1) is 13.7 Å². The normalized spacial score (nSPS) is 11.2. The summed E-state index contributed by atoms with van der Waals surface area (Å²) in [5.74, 6) is 4.74. The lowest BCUT2D eigenvalue weighted by Gasteiger charge is -2.12. The SMILES string of the molecule is COc1ccc(C(=O)NN)cc1COCC(F)(F)F. The topological polar surface area (TPSA) is 73.6 Å². The van der Waals surface area contributed by atoms with E-state index in [1.54, 1.807) is 0 Å². The second-order valence-electron chi connectivity index (χ2n) is 3.61. The standard InChI is InChI=1S/C11H13F3N2O3/c1-18-9-3-2-7(10(17)16-15)4-8(9)5-19-6-11(12,13)14/h2-4H,5-6,15H2,1H3,(H,16,17). The molecule has 8 heteroatoms. The van der Waals surface area contributed by atoms with E-state index in [-0.39, 0.29) is 12.2 Å². The van der Waals surface area contributed by atoms with Crippen molar-refractivity contribution in [1.82, 2.24) is 5.43 Å². The van der Waals surface area contributed by atoms with Crippen molar-refractivity contribution in [2.75, 3.05) is 13.7 Å². The molecule has 0 saturated carbocycles. The Morgan fingerprint density at radius 2 is 2.11 bits per heavy atom. The number of hydrogen-bond donors (Lipinski definition) is 2. The van der Waals surface area contributed by atoms with Gasteiger partial charge in [-0.1, -0.05) is 0 Å². The molecule has 0 unspecified atom stereocenters. The van der Waals surface area contributed by atoms with Crippen LogP contribution in [0.5, 0.6) is 5.75 Å². The predicted molar refractivity (Wildman–Crippen MR) is 60.4 cm³/mol. The first-order valence-corrected chi connectivity index (χ1v) is 5.19. The van der Waals surface area contributed by atoms with Crippen LogP contribution >= 0.6 is 0 Å². The minimum atomic E-state index is -4.40. The van der Waals surface area contributed by atoms with Crippen LogP contribution in [0.3, 0.4) is 0 Å². The molecule has 0 atom stereocenters. The summed E-state index contributed by atoms with van der Waals surface area (Å²) in [6, 6.07) is 4.25. The van der Waals surface area contributed by atoms with E-state index in [4.69, 9.17) is 10.6 Å². The number of amides is 1. The quantitative estimate of drug-likeness (QED) is 0.485. The average Bonchev–Trinajstić information content (AvgIpc) is 2.36. The molecule has 3 N–H and O–H groups in total. The molecule has 1 amide bonds. The van der Waals surface area contributed by atoms with Crippen molar-refractivity contribution in [3.8, 4) is 5.75 Å². The van der Waals surface area contributed by atoms with Crippen molar-refractivity contribution in [2.45, 2.75) is 12.8 Å². The highest BCUT2D eigenvalue weighted by Crippen LogP contribution is 2.22. The van der Waals surface area contributed by atoms with Gasteiger partial charge >= 0.3 is 6.18 Å². The van der Waals surface area contributed by atoms with E-state index in [1.165, 1.54) is 25.3 Å². The average molecular weight is 278 g/mol. The molecular formula is C11H13F3N2O3. The maximum atomic E-state index is 12.0. The zero-order valence-corrected chi connectivity index (χ0v) is 10.1. The fourth-order valence-corrected chi connectivity index (χ4v) is 1.39. The number of hydrazine groups is 1. The lowest BCUT2D eigenvalue weighted by molar-refractivity contribution is -0.176. The fraction of sp³-hybridized carbons (Fsp3) is 0.364. The summed E-state index contributed by atoms with van der Waals surface area (Å²) in [7, 11) is 1.37. The van der Waals surface area contributed by atoms with Crippen molar-refractivity contribution < 1.29 is 27.4 Å². The first-order chi connectivity index (χ1) is 8.87. The number of carbonyl (C=O) groups excluding carboxylic acids is 1. The van der Waals surface area contributed by atoms with Gasteiger partial charge in [0.2, 0.25) is 0 Å². The molecule has 0 fully saturated rings. The fourth-order valence-electron chi connectivity index (χ4n) is 1.39. The van der Waals surface area contributed by atoms with Crippen molar-refractivity contribution in [3.63, 3.8) is 0 Å². The molecule has 0 heterocycles. The highest BCUT2D eigenvalue weighted by molar-refractivity contribution is 5.94. The largest absolute Gasteiger partial charge is 0.496 e. The molecule has 19 heavy (non-hydrogen) atoms. The summed E-state index contributed by atoms with van der Waals surface area (Å²) < 4.78 is 45.4. The third-order valence-electron chi connectivity index (χ3n) is 2.20. The number of halogens is 3. The molecule has 106 valence electrons. The first kappa shape index (κ1) is 15.3. The van der Waals surface area contributed by atoms with Gasteiger partial charge in [0, 0.05) is 11.1 Å². The summed E-state index contributed by atoms with van der Waals surface area (Å²) in [6.45, 7) is -1.70. The van der Waals surface area contributed by atoms with Crippen LogP contribution in [0.4, 0.5) is 13.2 Å². The molecular weight excluding hydrogens is 265 g/mol. The second kappa shape index (κ2) is 6.39. The van der Waals surface area contributed by atoms with E-state index >= 15 is 0 Å². The first-order valence-electron chi connectivity index (χ1n) is 5.19. The Hall–Kier alpha value is -1.80. The molecule has 0 aliphatic rings. The van der Waals surface area contributed by atoms with Crippen LogP contribution in [0.25, 0.3) is 0 Å². The van der Waals surface area contributed by atoms with Gasteiger partial charge < -0.3 is 9.47 Å². The molecule has 0 radical (unpaired) electrons. The number of nitrogens with one attached hydrogen (secondary N) is 1. The molecule has 0 bridgehead atoms. The van der Waals surface area contributed by atoms with E-state index < -0.39 is 18.7 Å². The molecule has 1 rings (SSSR count). The van der Waals surface area contributed by atoms with Crippen LogP contribution in [0.15, 0.2) is 18.2 Å². The van der Waals surface area contributed by atoms with Gasteiger partial charge in [-0.05, 0) is 18.2 Å². The van der Waals surface area contributed by atoms with Gasteiger partial charge in [-0.2, -0.15) is 13.2 Å². The summed E-state index contributed by atoms with van der Waals surface area (Å²) in [4.78, 5) is 11.3. The van der Waals surface area contributed by atoms with Crippen molar-refractivity contribution >= 4 is 5.91 Å². The van der Waals surface area contributed by atoms with E-state index in [0.29, 0.717) is 11.3 Å². The maximum Gasteiger partial charge on any atom is 0.411 e. The minimum Gasteiger partial charge on any atom is -0.496 e. The van der Waals surface area contributed by atoms with Gasteiger partial charge in [-0.15, -0.1) is 0 Å². The summed E-state index contributed by atoms with van der Waals surface area (Å²) in [5, 5.41) is 0. The summed E-state index contributed by atoms with van der Waals surface area (Å²) in [6.07, 6.45) is -4.40. The highest BCUT2D eigenvalue weighted by Gasteiger charge is 2.27. The lowest BCUT2D eigenvalue weighted by Crippen LogP contribution is -2.30. The number of nitrogens with two attached hydrogens (primary N) is 1. The number of alkyl halides is 3. The van der Waals surface area contributed by atoms with E-state index in [9.17, 15) is 18.0 Å². The van der Waals surface area contributed by atoms with Crippen molar-refractivity contribution in [3.05, 3.63) is 29.3 Å². The summed E-state index contributed by atoms with van der Waals surface area (Å²) >= 11 is 0. The van der Waals surface area contributed by atoms with Gasteiger partial charge in [-0.25, -0.2) is 5.84 Å². The molecule has 1 aromatic carbocycles. The Morgan fingerprint density at radius 1 is 1.42 bits per heavy atom. The number of ether oxygens (including phenoxy) is 2. The van der Waals surface area contributed by atoms with Crippen LogP contribution in [0.1, 0.15) is 15.9 Å². The minimum absolute atomic E-state index is 0.203. The number of benzene rings is 1. The number of rotatable bonds is 5. The second-order valence-corrected chi connectivity index (χ2v) is 3.61. The lowest BCUT2D eigenvalue weighted by atomic mass is 10.1. The van der Waals surface area contributed by atoms with E-state index in [2.05, 4.69) is 4.74 Å². The van der Waals surface area contributed by atoms with Crippen LogP contribution in [0, 0.1) is 0 Å². The maximum absolute atomic E-state index is 12.0. The monoisotopic (exact) mass is 278 g/mol. The zero-order valence-electron chi connectivity index (χ0n) is 10.1. The molecule has 0 aliphatic carbocycles. The number of hydrogen-bond acceptors (Lipinski definition) is 4. The smallest absolute Gasteiger partial charge is 0.411 e.